The number of aromatic nitrogens is 2. The second-order valence-electron chi connectivity index (χ2n) is 6.60. The van der Waals surface area contributed by atoms with E-state index in [-0.39, 0.29) is 47.8 Å². The first-order chi connectivity index (χ1) is 10.2. The summed E-state index contributed by atoms with van der Waals surface area (Å²) in [5.74, 6) is 0.866. The lowest BCUT2D eigenvalue weighted by atomic mass is 9.89. The van der Waals surface area contributed by atoms with Gasteiger partial charge in [0.15, 0.2) is 5.96 Å². The maximum atomic E-state index is 12.7. The van der Waals surface area contributed by atoms with Crippen LogP contribution >= 0.6 is 24.0 Å². The van der Waals surface area contributed by atoms with Gasteiger partial charge in [0.25, 0.3) is 0 Å². The lowest BCUT2D eigenvalue weighted by Gasteiger charge is -2.23. The van der Waals surface area contributed by atoms with Crippen molar-refractivity contribution in [1.82, 2.24) is 20.2 Å². The smallest absolute Gasteiger partial charge is 0.319 e. The highest BCUT2D eigenvalue weighted by molar-refractivity contribution is 14.0. The van der Waals surface area contributed by atoms with Crippen molar-refractivity contribution in [2.75, 3.05) is 7.05 Å². The Morgan fingerprint density at radius 3 is 2.57 bits per heavy atom. The van der Waals surface area contributed by atoms with Crippen LogP contribution in [0.15, 0.2) is 17.4 Å². The van der Waals surface area contributed by atoms with Crippen molar-refractivity contribution in [2.45, 2.75) is 59.7 Å². The van der Waals surface area contributed by atoms with Gasteiger partial charge in [-0.05, 0) is 25.2 Å². The Balaban J connectivity index is 0.00000484. The lowest BCUT2D eigenvalue weighted by Crippen LogP contribution is -2.42. The maximum absolute atomic E-state index is 12.7. The number of nitrogens with one attached hydrogen (secondary N) is 2. The number of hydrogen-bond acceptors (Lipinski definition) is 2. The van der Waals surface area contributed by atoms with Gasteiger partial charge in [-0.15, -0.1) is 24.0 Å². The van der Waals surface area contributed by atoms with Crippen molar-refractivity contribution in [3.8, 4) is 0 Å². The SMILES string of the molecule is CN=C(NCc1nccn1C(F)F)NC(C)CCC(C)(C)C.I. The zero-order chi connectivity index (χ0) is 16.8. The van der Waals surface area contributed by atoms with Gasteiger partial charge in [0, 0.05) is 25.5 Å². The number of alkyl halides is 2. The first-order valence-corrected chi connectivity index (χ1v) is 7.50. The van der Waals surface area contributed by atoms with Crippen LogP contribution < -0.4 is 10.6 Å². The second-order valence-corrected chi connectivity index (χ2v) is 6.60. The van der Waals surface area contributed by atoms with Gasteiger partial charge in [0.1, 0.15) is 5.82 Å². The van der Waals surface area contributed by atoms with Crippen LogP contribution in [0.2, 0.25) is 0 Å². The molecular weight excluding hydrogens is 415 g/mol. The standard InChI is InChI=1S/C15H27F2N5.HI/c1-11(6-7-15(2,3)4)21-14(18-5)20-10-12-19-8-9-22(12)13(16)17;/h8-9,11,13H,6-7,10H2,1-5H3,(H2,18,20,21);1H. The highest BCUT2D eigenvalue weighted by atomic mass is 127. The zero-order valence-electron chi connectivity index (χ0n) is 14.4. The van der Waals surface area contributed by atoms with E-state index in [1.54, 1.807) is 7.05 Å². The second kappa shape index (κ2) is 10.0. The fraction of sp³-hybridized carbons (Fsp3) is 0.733. The highest BCUT2D eigenvalue weighted by Crippen LogP contribution is 2.21. The van der Waals surface area contributed by atoms with Crippen LogP contribution in [-0.4, -0.2) is 28.6 Å². The zero-order valence-corrected chi connectivity index (χ0v) is 16.8. The third-order valence-electron chi connectivity index (χ3n) is 3.31. The van der Waals surface area contributed by atoms with E-state index in [1.165, 1.54) is 12.4 Å². The van der Waals surface area contributed by atoms with Crippen molar-refractivity contribution in [3.05, 3.63) is 18.2 Å². The summed E-state index contributed by atoms with van der Waals surface area (Å²) in [4.78, 5) is 8.05. The van der Waals surface area contributed by atoms with Crippen LogP contribution in [-0.2, 0) is 6.54 Å². The Hall–Kier alpha value is -0.930. The van der Waals surface area contributed by atoms with Crippen molar-refractivity contribution < 1.29 is 8.78 Å². The molecule has 0 saturated carbocycles. The molecule has 8 heteroatoms. The van der Waals surface area contributed by atoms with E-state index < -0.39 is 6.55 Å². The third kappa shape index (κ3) is 8.47. The molecule has 0 radical (unpaired) electrons. The summed E-state index contributed by atoms with van der Waals surface area (Å²) in [5, 5.41) is 6.28. The first-order valence-electron chi connectivity index (χ1n) is 7.50. The molecule has 23 heavy (non-hydrogen) atoms. The number of rotatable bonds is 6. The highest BCUT2D eigenvalue weighted by Gasteiger charge is 2.14. The largest absolute Gasteiger partial charge is 0.354 e. The molecule has 0 aliphatic rings. The molecule has 0 amide bonds. The molecule has 1 heterocycles. The molecule has 1 atom stereocenters. The van der Waals surface area contributed by atoms with Gasteiger partial charge < -0.3 is 10.6 Å². The van der Waals surface area contributed by atoms with E-state index in [1.807, 2.05) is 0 Å². The van der Waals surface area contributed by atoms with Gasteiger partial charge in [-0.25, -0.2) is 4.98 Å². The van der Waals surface area contributed by atoms with Crippen LogP contribution in [0.3, 0.4) is 0 Å². The molecular formula is C15H28F2IN5. The average Bonchev–Trinajstić information content (AvgIpc) is 2.89. The normalized spacial score (nSPS) is 13.7. The van der Waals surface area contributed by atoms with Gasteiger partial charge in [-0.2, -0.15) is 8.78 Å². The molecule has 0 spiro atoms. The number of aliphatic imine (C=N–C) groups is 1. The number of imidazole rings is 1. The number of guanidine groups is 1. The van der Waals surface area contributed by atoms with E-state index in [0.717, 1.165) is 17.4 Å². The van der Waals surface area contributed by atoms with E-state index in [2.05, 4.69) is 48.3 Å². The van der Waals surface area contributed by atoms with Gasteiger partial charge >= 0.3 is 6.55 Å². The summed E-state index contributed by atoms with van der Waals surface area (Å²) < 4.78 is 26.3. The molecule has 2 N–H and O–H groups in total. The molecule has 5 nitrogen and oxygen atoms in total. The number of nitrogens with zero attached hydrogens (tertiary/aromatic N) is 3. The molecule has 0 saturated heterocycles. The molecule has 0 aliphatic carbocycles. The summed E-state index contributed by atoms with van der Waals surface area (Å²) in [6.07, 6.45) is 4.74. The van der Waals surface area contributed by atoms with Crippen LogP contribution in [0.1, 0.15) is 52.9 Å². The molecule has 0 aliphatic heterocycles. The van der Waals surface area contributed by atoms with Crippen molar-refractivity contribution >= 4 is 29.9 Å². The Kier molecular flexibility index (Phi) is 9.64. The summed E-state index contributed by atoms with van der Waals surface area (Å²) in [7, 11) is 1.66. The summed E-state index contributed by atoms with van der Waals surface area (Å²) in [6.45, 7) is 6.31. The fourth-order valence-corrected chi connectivity index (χ4v) is 1.97. The van der Waals surface area contributed by atoms with Gasteiger partial charge in [0.2, 0.25) is 0 Å². The topological polar surface area (TPSA) is 54.2 Å². The third-order valence-corrected chi connectivity index (χ3v) is 3.31. The van der Waals surface area contributed by atoms with Crippen LogP contribution in [0, 0.1) is 5.41 Å². The minimum Gasteiger partial charge on any atom is -0.354 e. The maximum Gasteiger partial charge on any atom is 0.319 e. The molecule has 1 aromatic rings. The van der Waals surface area contributed by atoms with Crippen molar-refractivity contribution in [3.63, 3.8) is 0 Å². The quantitative estimate of drug-likeness (QED) is 0.400. The van der Waals surface area contributed by atoms with E-state index in [0.29, 0.717) is 5.96 Å². The molecule has 1 rings (SSSR count). The van der Waals surface area contributed by atoms with Crippen molar-refractivity contribution in [1.29, 1.82) is 0 Å². The number of hydrogen-bond donors (Lipinski definition) is 2. The van der Waals surface area contributed by atoms with Crippen LogP contribution in [0.5, 0.6) is 0 Å². The Morgan fingerprint density at radius 1 is 1.39 bits per heavy atom. The average molecular weight is 443 g/mol. The van der Waals surface area contributed by atoms with Gasteiger partial charge in [-0.1, -0.05) is 20.8 Å². The Labute approximate surface area is 154 Å². The fourth-order valence-electron chi connectivity index (χ4n) is 1.97. The minimum absolute atomic E-state index is 0. The number of halogens is 3. The van der Waals surface area contributed by atoms with Crippen LogP contribution in [0.4, 0.5) is 8.78 Å². The van der Waals surface area contributed by atoms with E-state index in [4.69, 9.17) is 0 Å². The molecule has 134 valence electrons. The van der Waals surface area contributed by atoms with E-state index in [9.17, 15) is 8.78 Å². The van der Waals surface area contributed by atoms with Crippen molar-refractivity contribution in [2.24, 2.45) is 10.4 Å². The minimum atomic E-state index is -2.58. The Morgan fingerprint density at radius 2 is 2.04 bits per heavy atom. The molecule has 1 aromatic heterocycles. The predicted molar refractivity (Wildman–Crippen MR) is 100 cm³/mol. The van der Waals surface area contributed by atoms with Crippen LogP contribution in [0.25, 0.3) is 0 Å². The summed E-state index contributed by atoms with van der Waals surface area (Å²) in [5.41, 5.74) is 0.287. The molecule has 0 bridgehead atoms. The van der Waals surface area contributed by atoms with Gasteiger partial charge in [0.05, 0.1) is 6.54 Å². The monoisotopic (exact) mass is 443 g/mol. The van der Waals surface area contributed by atoms with E-state index >= 15 is 0 Å². The molecule has 0 aromatic carbocycles. The first kappa shape index (κ1) is 22.1. The molecule has 0 fully saturated rings. The molecule has 1 unspecified atom stereocenters. The van der Waals surface area contributed by atoms with Gasteiger partial charge in [-0.3, -0.25) is 9.56 Å². The summed E-state index contributed by atoms with van der Waals surface area (Å²) in [6, 6.07) is 0.250. The lowest BCUT2D eigenvalue weighted by molar-refractivity contribution is 0.0668. The summed E-state index contributed by atoms with van der Waals surface area (Å²) >= 11 is 0. The predicted octanol–water partition coefficient (Wildman–Crippen LogP) is 3.78. The Bertz CT molecular complexity index is 482.